The number of hydrogen-bond donors (Lipinski definition) is 1. The van der Waals surface area contributed by atoms with E-state index in [-0.39, 0.29) is 5.91 Å². The monoisotopic (exact) mass is 389 g/mol. The molecule has 150 valence electrons. The maximum absolute atomic E-state index is 13.0. The third-order valence-electron chi connectivity index (χ3n) is 4.92. The molecule has 0 aliphatic carbocycles. The number of aryl methyl sites for hydroxylation is 2. The number of amides is 1. The van der Waals surface area contributed by atoms with Crippen molar-refractivity contribution in [3.63, 3.8) is 0 Å². The second kappa shape index (κ2) is 9.78. The Hall–Kier alpha value is -3.27. The van der Waals surface area contributed by atoms with Crippen molar-refractivity contribution in [1.29, 1.82) is 0 Å². The lowest BCUT2D eigenvalue weighted by molar-refractivity contribution is 0.102. The van der Waals surface area contributed by atoms with Crippen LogP contribution in [0.15, 0.2) is 66.7 Å². The van der Waals surface area contributed by atoms with Crippen molar-refractivity contribution in [2.45, 2.75) is 33.3 Å². The highest BCUT2D eigenvalue weighted by Crippen LogP contribution is 2.26. The van der Waals surface area contributed by atoms with Crippen molar-refractivity contribution in [2.24, 2.45) is 0 Å². The van der Waals surface area contributed by atoms with Gasteiger partial charge >= 0.3 is 0 Å². The molecule has 0 saturated carbocycles. The molecule has 0 bridgehead atoms. The molecule has 3 aromatic carbocycles. The molecule has 0 spiro atoms. The average Bonchev–Trinajstić information content (AvgIpc) is 2.78. The molecule has 0 aromatic heterocycles. The zero-order valence-electron chi connectivity index (χ0n) is 17.2. The fraction of sp³-hybridized carbons (Fsp3) is 0.240. The molecule has 0 fully saturated rings. The molecule has 0 atom stereocenters. The first-order valence-corrected chi connectivity index (χ1v) is 9.93. The quantitative estimate of drug-likeness (QED) is 0.541. The van der Waals surface area contributed by atoms with Crippen LogP contribution in [0.5, 0.6) is 11.5 Å². The Morgan fingerprint density at radius 3 is 2.17 bits per heavy atom. The summed E-state index contributed by atoms with van der Waals surface area (Å²) >= 11 is 0. The summed E-state index contributed by atoms with van der Waals surface area (Å²) in [7, 11) is 1.62. The predicted molar refractivity (Wildman–Crippen MR) is 117 cm³/mol. The molecule has 1 N–H and O–H groups in total. The second-order valence-corrected chi connectivity index (χ2v) is 6.74. The van der Waals surface area contributed by atoms with Gasteiger partial charge in [0, 0.05) is 16.8 Å². The number of carbonyl (C=O) groups is 1. The summed E-state index contributed by atoms with van der Waals surface area (Å²) in [5.41, 5.74) is 4.59. The van der Waals surface area contributed by atoms with Crippen LogP contribution >= 0.6 is 0 Å². The van der Waals surface area contributed by atoms with Crippen LogP contribution < -0.4 is 14.8 Å². The van der Waals surface area contributed by atoms with Crippen molar-refractivity contribution in [1.82, 2.24) is 0 Å². The molecule has 0 aliphatic heterocycles. The van der Waals surface area contributed by atoms with E-state index in [0.29, 0.717) is 17.9 Å². The fourth-order valence-electron chi connectivity index (χ4n) is 3.30. The number of anilines is 1. The molecular formula is C25H27NO3. The number of methoxy groups -OCH3 is 1. The van der Waals surface area contributed by atoms with Gasteiger partial charge in [0.2, 0.25) is 0 Å². The SMILES string of the molecule is CCc1cccc(CC)c1NC(=O)c1ccc(OC)c(COc2ccccc2)c1. The second-order valence-electron chi connectivity index (χ2n) is 6.74. The Bertz CT molecular complexity index is 945. The third kappa shape index (κ3) is 4.96. The summed E-state index contributed by atoms with van der Waals surface area (Å²) in [6.45, 7) is 4.51. The van der Waals surface area contributed by atoms with Gasteiger partial charge in [-0.25, -0.2) is 0 Å². The molecular weight excluding hydrogens is 362 g/mol. The van der Waals surface area contributed by atoms with Crippen LogP contribution in [0.4, 0.5) is 5.69 Å². The Kier molecular flexibility index (Phi) is 6.90. The zero-order valence-corrected chi connectivity index (χ0v) is 17.2. The van der Waals surface area contributed by atoms with E-state index in [1.807, 2.05) is 48.5 Å². The molecule has 3 rings (SSSR count). The number of ether oxygens (including phenoxy) is 2. The van der Waals surface area contributed by atoms with E-state index in [1.54, 1.807) is 13.2 Å². The van der Waals surface area contributed by atoms with Crippen molar-refractivity contribution < 1.29 is 14.3 Å². The number of rotatable bonds is 8. The lowest BCUT2D eigenvalue weighted by atomic mass is 10.0. The van der Waals surface area contributed by atoms with Gasteiger partial charge in [0.15, 0.2) is 0 Å². The summed E-state index contributed by atoms with van der Waals surface area (Å²) in [6.07, 6.45) is 1.73. The van der Waals surface area contributed by atoms with E-state index in [0.717, 1.165) is 41.0 Å². The molecule has 4 nitrogen and oxygen atoms in total. The van der Waals surface area contributed by atoms with Gasteiger partial charge in [-0.3, -0.25) is 4.79 Å². The molecule has 0 aliphatic rings. The van der Waals surface area contributed by atoms with Gasteiger partial charge in [-0.2, -0.15) is 0 Å². The van der Waals surface area contributed by atoms with E-state index < -0.39 is 0 Å². The van der Waals surface area contributed by atoms with Crippen LogP contribution in [-0.2, 0) is 19.4 Å². The van der Waals surface area contributed by atoms with E-state index in [4.69, 9.17) is 9.47 Å². The van der Waals surface area contributed by atoms with Crippen molar-refractivity contribution >= 4 is 11.6 Å². The van der Waals surface area contributed by atoms with Crippen molar-refractivity contribution in [3.8, 4) is 11.5 Å². The van der Waals surface area contributed by atoms with E-state index in [9.17, 15) is 4.79 Å². The maximum atomic E-state index is 13.0. The lowest BCUT2D eigenvalue weighted by Crippen LogP contribution is -2.15. The fourth-order valence-corrected chi connectivity index (χ4v) is 3.30. The summed E-state index contributed by atoms with van der Waals surface area (Å²) in [5.74, 6) is 1.33. The standard InChI is InChI=1S/C25H27NO3/c1-4-18-10-9-11-19(5-2)24(18)26-25(27)20-14-15-23(28-3)21(16-20)17-29-22-12-7-6-8-13-22/h6-16H,4-5,17H2,1-3H3,(H,26,27). The Morgan fingerprint density at radius 1 is 0.862 bits per heavy atom. The zero-order chi connectivity index (χ0) is 20.6. The van der Waals surface area contributed by atoms with Crippen LogP contribution in [0.1, 0.15) is 40.9 Å². The molecule has 29 heavy (non-hydrogen) atoms. The Labute approximate surface area is 172 Å². The molecule has 0 heterocycles. The highest BCUT2D eigenvalue weighted by Gasteiger charge is 2.14. The van der Waals surface area contributed by atoms with Gasteiger partial charge in [-0.05, 0) is 54.3 Å². The normalized spacial score (nSPS) is 10.4. The summed E-state index contributed by atoms with van der Waals surface area (Å²) in [4.78, 5) is 13.0. The first kappa shape index (κ1) is 20.5. The summed E-state index contributed by atoms with van der Waals surface area (Å²) in [5, 5.41) is 3.12. The lowest BCUT2D eigenvalue weighted by Gasteiger charge is -2.16. The van der Waals surface area contributed by atoms with E-state index >= 15 is 0 Å². The Morgan fingerprint density at radius 2 is 1.55 bits per heavy atom. The third-order valence-corrected chi connectivity index (χ3v) is 4.92. The number of para-hydroxylation sites is 2. The number of carbonyl (C=O) groups excluding carboxylic acids is 1. The first-order valence-electron chi connectivity index (χ1n) is 9.93. The molecule has 0 radical (unpaired) electrons. The van der Waals surface area contributed by atoms with Crippen LogP contribution in [0.3, 0.4) is 0 Å². The van der Waals surface area contributed by atoms with Gasteiger partial charge in [-0.1, -0.05) is 50.2 Å². The van der Waals surface area contributed by atoms with Gasteiger partial charge in [-0.15, -0.1) is 0 Å². The van der Waals surface area contributed by atoms with Crippen LogP contribution in [-0.4, -0.2) is 13.0 Å². The van der Waals surface area contributed by atoms with E-state index in [2.05, 4.69) is 31.3 Å². The van der Waals surface area contributed by atoms with Gasteiger partial charge in [0.1, 0.15) is 18.1 Å². The largest absolute Gasteiger partial charge is 0.496 e. The molecule has 0 saturated heterocycles. The highest BCUT2D eigenvalue weighted by molar-refractivity contribution is 6.05. The number of nitrogens with one attached hydrogen (secondary N) is 1. The van der Waals surface area contributed by atoms with Crippen LogP contribution in [0.2, 0.25) is 0 Å². The topological polar surface area (TPSA) is 47.6 Å². The number of benzene rings is 3. The van der Waals surface area contributed by atoms with Crippen molar-refractivity contribution in [2.75, 3.05) is 12.4 Å². The van der Waals surface area contributed by atoms with Crippen LogP contribution in [0, 0.1) is 0 Å². The Balaban J connectivity index is 1.83. The summed E-state index contributed by atoms with van der Waals surface area (Å²) < 4.78 is 11.3. The molecule has 1 amide bonds. The highest BCUT2D eigenvalue weighted by atomic mass is 16.5. The summed E-state index contributed by atoms with van der Waals surface area (Å²) in [6, 6.07) is 21.2. The van der Waals surface area contributed by atoms with Gasteiger partial charge in [0.05, 0.1) is 7.11 Å². The van der Waals surface area contributed by atoms with Crippen molar-refractivity contribution in [3.05, 3.63) is 89.0 Å². The van der Waals surface area contributed by atoms with Crippen LogP contribution in [0.25, 0.3) is 0 Å². The minimum absolute atomic E-state index is 0.135. The average molecular weight is 389 g/mol. The molecule has 3 aromatic rings. The van der Waals surface area contributed by atoms with E-state index in [1.165, 1.54) is 0 Å². The maximum Gasteiger partial charge on any atom is 0.255 e. The smallest absolute Gasteiger partial charge is 0.255 e. The minimum Gasteiger partial charge on any atom is -0.496 e. The minimum atomic E-state index is -0.135. The first-order chi connectivity index (χ1) is 14.2. The number of hydrogen-bond acceptors (Lipinski definition) is 3. The molecule has 4 heteroatoms. The predicted octanol–water partition coefficient (Wildman–Crippen LogP) is 5.65. The van der Waals surface area contributed by atoms with Gasteiger partial charge in [0.25, 0.3) is 5.91 Å². The van der Waals surface area contributed by atoms with Gasteiger partial charge < -0.3 is 14.8 Å². The molecule has 0 unspecified atom stereocenters.